The molecule has 0 heterocycles. The summed E-state index contributed by atoms with van der Waals surface area (Å²) in [5, 5.41) is 0. The summed E-state index contributed by atoms with van der Waals surface area (Å²) in [5.74, 6) is -0.539. The molecule has 0 saturated heterocycles. The lowest BCUT2D eigenvalue weighted by atomic mass is 10.2. The molecule has 0 aliphatic carbocycles. The Morgan fingerprint density at radius 3 is 2.35 bits per heavy atom. The van der Waals surface area contributed by atoms with E-state index in [0.29, 0.717) is 0 Å². The molecule has 7 heteroatoms. The second kappa shape index (κ2) is 6.97. The standard InChI is InChI=1S/C16H19FN2O3S/c1-19(2)14-7-4-12(5-8-14)11-18-23(20,21)16-10-13(17)6-9-15(16)22-3/h4-10,18H,11H2,1-3H3. The Balaban J connectivity index is 2.17. The minimum atomic E-state index is -3.88. The molecule has 2 aromatic rings. The van der Waals surface area contributed by atoms with E-state index in [0.717, 1.165) is 23.4 Å². The molecule has 0 saturated carbocycles. The SMILES string of the molecule is COc1ccc(F)cc1S(=O)(=O)NCc1ccc(N(C)C)cc1. The van der Waals surface area contributed by atoms with Crippen LogP contribution in [-0.4, -0.2) is 29.6 Å². The predicted octanol–water partition coefficient (Wildman–Crippen LogP) is 2.38. The maximum atomic E-state index is 13.3. The van der Waals surface area contributed by atoms with Crippen molar-refractivity contribution in [2.24, 2.45) is 0 Å². The van der Waals surface area contributed by atoms with Crippen LogP contribution in [0.2, 0.25) is 0 Å². The van der Waals surface area contributed by atoms with Crippen molar-refractivity contribution in [3.05, 3.63) is 53.8 Å². The highest BCUT2D eigenvalue weighted by Crippen LogP contribution is 2.24. The van der Waals surface area contributed by atoms with Crippen molar-refractivity contribution in [3.8, 4) is 5.75 Å². The van der Waals surface area contributed by atoms with Crippen LogP contribution in [0.15, 0.2) is 47.4 Å². The smallest absolute Gasteiger partial charge is 0.244 e. The van der Waals surface area contributed by atoms with Crippen molar-refractivity contribution in [2.45, 2.75) is 11.4 Å². The zero-order valence-electron chi connectivity index (χ0n) is 13.2. The van der Waals surface area contributed by atoms with Crippen molar-refractivity contribution in [1.29, 1.82) is 0 Å². The molecule has 0 fully saturated rings. The third-order valence-electron chi connectivity index (χ3n) is 3.33. The van der Waals surface area contributed by atoms with Crippen molar-refractivity contribution in [1.82, 2.24) is 4.72 Å². The number of benzene rings is 2. The van der Waals surface area contributed by atoms with Gasteiger partial charge in [0.2, 0.25) is 10.0 Å². The van der Waals surface area contributed by atoms with E-state index in [4.69, 9.17) is 4.74 Å². The van der Waals surface area contributed by atoms with Crippen molar-refractivity contribution in [3.63, 3.8) is 0 Å². The fraction of sp³-hybridized carbons (Fsp3) is 0.250. The van der Waals surface area contributed by atoms with Crippen LogP contribution in [0.25, 0.3) is 0 Å². The molecule has 1 N–H and O–H groups in total. The summed E-state index contributed by atoms with van der Waals surface area (Å²) in [7, 11) is 1.31. The Labute approximate surface area is 135 Å². The number of hydrogen-bond donors (Lipinski definition) is 1. The summed E-state index contributed by atoms with van der Waals surface area (Å²) in [6.45, 7) is 0.107. The molecule has 0 unspecified atom stereocenters. The average molecular weight is 338 g/mol. The number of nitrogens with one attached hydrogen (secondary N) is 1. The average Bonchev–Trinajstić information content (AvgIpc) is 2.53. The molecule has 0 aliphatic rings. The zero-order chi connectivity index (χ0) is 17.0. The van der Waals surface area contributed by atoms with Gasteiger partial charge in [0.1, 0.15) is 16.5 Å². The maximum absolute atomic E-state index is 13.3. The largest absolute Gasteiger partial charge is 0.495 e. The first-order valence-electron chi connectivity index (χ1n) is 6.93. The van der Waals surface area contributed by atoms with Crippen LogP contribution in [0.4, 0.5) is 10.1 Å². The molecule has 124 valence electrons. The molecule has 2 rings (SSSR count). The molecule has 2 aromatic carbocycles. The number of methoxy groups -OCH3 is 1. The number of ether oxygens (including phenoxy) is 1. The molecule has 0 radical (unpaired) electrons. The summed E-state index contributed by atoms with van der Waals surface area (Å²) in [4.78, 5) is 1.73. The molecule has 0 bridgehead atoms. The Kier molecular flexibility index (Phi) is 5.23. The zero-order valence-corrected chi connectivity index (χ0v) is 14.0. The predicted molar refractivity (Wildman–Crippen MR) is 87.7 cm³/mol. The van der Waals surface area contributed by atoms with Crippen LogP contribution in [0.1, 0.15) is 5.56 Å². The maximum Gasteiger partial charge on any atom is 0.244 e. The molecule has 0 aliphatic heterocycles. The molecule has 0 amide bonds. The molecule has 0 atom stereocenters. The van der Waals surface area contributed by atoms with Gasteiger partial charge >= 0.3 is 0 Å². The van der Waals surface area contributed by atoms with Crippen molar-refractivity contribution in [2.75, 3.05) is 26.1 Å². The molecule has 23 heavy (non-hydrogen) atoms. The Bertz CT molecular complexity index is 774. The van der Waals surface area contributed by atoms with Crippen molar-refractivity contribution >= 4 is 15.7 Å². The van der Waals surface area contributed by atoms with E-state index in [2.05, 4.69) is 4.72 Å². The highest BCUT2D eigenvalue weighted by molar-refractivity contribution is 7.89. The normalized spacial score (nSPS) is 11.3. The Morgan fingerprint density at radius 1 is 1.13 bits per heavy atom. The Morgan fingerprint density at radius 2 is 1.78 bits per heavy atom. The number of sulfonamides is 1. The Hall–Kier alpha value is -2.12. The number of nitrogens with zero attached hydrogens (tertiary/aromatic N) is 1. The first-order chi connectivity index (χ1) is 10.8. The van der Waals surface area contributed by atoms with E-state index in [9.17, 15) is 12.8 Å². The van der Waals surface area contributed by atoms with Crippen molar-refractivity contribution < 1.29 is 17.5 Å². The quantitative estimate of drug-likeness (QED) is 0.879. The summed E-state index contributed by atoms with van der Waals surface area (Å²) >= 11 is 0. The van der Waals surface area contributed by atoms with E-state index in [1.54, 1.807) is 0 Å². The fourth-order valence-electron chi connectivity index (χ4n) is 2.03. The minimum absolute atomic E-state index is 0.0989. The summed E-state index contributed by atoms with van der Waals surface area (Å²) in [5.41, 5.74) is 1.82. The van der Waals surface area contributed by atoms with Gasteiger partial charge in [0.25, 0.3) is 0 Å². The lowest BCUT2D eigenvalue weighted by molar-refractivity contribution is 0.400. The number of hydrogen-bond acceptors (Lipinski definition) is 4. The van der Waals surface area contributed by atoms with Crippen LogP contribution in [0, 0.1) is 5.82 Å². The van der Waals surface area contributed by atoms with Crippen LogP contribution >= 0.6 is 0 Å². The van der Waals surface area contributed by atoms with Gasteiger partial charge in [-0.25, -0.2) is 17.5 Å². The van der Waals surface area contributed by atoms with Gasteiger partial charge in [-0.1, -0.05) is 12.1 Å². The van der Waals surface area contributed by atoms with Gasteiger partial charge < -0.3 is 9.64 Å². The van der Waals surface area contributed by atoms with E-state index in [1.165, 1.54) is 13.2 Å². The summed E-state index contributed by atoms with van der Waals surface area (Å²) in [6, 6.07) is 10.8. The topological polar surface area (TPSA) is 58.6 Å². The monoisotopic (exact) mass is 338 g/mol. The highest BCUT2D eigenvalue weighted by atomic mass is 32.2. The molecular weight excluding hydrogens is 319 g/mol. The van der Waals surface area contributed by atoms with Gasteiger partial charge in [-0.15, -0.1) is 0 Å². The summed E-state index contributed by atoms with van der Waals surface area (Å²) in [6.07, 6.45) is 0. The van der Waals surface area contributed by atoms with Gasteiger partial charge in [0.15, 0.2) is 0 Å². The number of halogens is 1. The first kappa shape index (κ1) is 17.2. The van der Waals surface area contributed by atoms with E-state index in [-0.39, 0.29) is 17.2 Å². The first-order valence-corrected chi connectivity index (χ1v) is 8.41. The molecule has 0 spiro atoms. The molecule has 5 nitrogen and oxygen atoms in total. The lowest BCUT2D eigenvalue weighted by Gasteiger charge is -2.13. The highest BCUT2D eigenvalue weighted by Gasteiger charge is 2.20. The molecule has 0 aromatic heterocycles. The third kappa shape index (κ3) is 4.20. The third-order valence-corrected chi connectivity index (χ3v) is 4.76. The van der Waals surface area contributed by atoms with E-state index < -0.39 is 15.8 Å². The lowest BCUT2D eigenvalue weighted by Crippen LogP contribution is -2.24. The molecular formula is C16H19FN2O3S. The second-order valence-corrected chi connectivity index (χ2v) is 6.92. The van der Waals surface area contributed by atoms with Crippen LogP contribution in [-0.2, 0) is 16.6 Å². The van der Waals surface area contributed by atoms with Crippen LogP contribution in [0.5, 0.6) is 5.75 Å². The fourth-order valence-corrected chi connectivity index (χ4v) is 3.22. The second-order valence-electron chi connectivity index (χ2n) is 5.18. The summed E-state index contributed by atoms with van der Waals surface area (Å²) < 4.78 is 45.5. The number of anilines is 1. The van der Waals surface area contributed by atoms with Gasteiger partial charge in [-0.3, -0.25) is 0 Å². The van der Waals surface area contributed by atoms with Crippen LogP contribution < -0.4 is 14.4 Å². The minimum Gasteiger partial charge on any atom is -0.495 e. The van der Waals surface area contributed by atoms with E-state index in [1.807, 2.05) is 43.3 Å². The number of rotatable bonds is 6. The van der Waals surface area contributed by atoms with Crippen LogP contribution in [0.3, 0.4) is 0 Å². The van der Waals surface area contributed by atoms with Gasteiger partial charge in [-0.05, 0) is 35.9 Å². The van der Waals surface area contributed by atoms with E-state index >= 15 is 0 Å². The van der Waals surface area contributed by atoms with Gasteiger partial charge in [0.05, 0.1) is 7.11 Å². The van der Waals surface area contributed by atoms with Gasteiger partial charge in [-0.2, -0.15) is 0 Å². The van der Waals surface area contributed by atoms with Gasteiger partial charge in [0, 0.05) is 26.3 Å².